The van der Waals surface area contributed by atoms with Crippen molar-refractivity contribution in [2.75, 3.05) is 40.3 Å². The van der Waals surface area contributed by atoms with Crippen LogP contribution in [0.3, 0.4) is 0 Å². The number of fused-ring (bicyclic) bond motifs is 1. The van der Waals surface area contributed by atoms with E-state index in [0.717, 1.165) is 29.7 Å². The smallest absolute Gasteiger partial charge is 0.243 e. The van der Waals surface area contributed by atoms with Crippen molar-refractivity contribution in [3.63, 3.8) is 0 Å². The third-order valence-corrected chi connectivity index (χ3v) is 5.73. The number of nitrogens with zero attached hydrogens (tertiary/aromatic N) is 1. The molecule has 1 unspecified atom stereocenters. The molecule has 2 atom stereocenters. The van der Waals surface area contributed by atoms with Crippen LogP contribution in [0, 0.1) is 5.82 Å². The van der Waals surface area contributed by atoms with Gasteiger partial charge in [-0.05, 0) is 70.3 Å². The molecule has 184 valence electrons. The summed E-state index contributed by atoms with van der Waals surface area (Å²) in [6.45, 7) is 5.69. The van der Waals surface area contributed by atoms with Gasteiger partial charge in [-0.1, -0.05) is 25.1 Å². The number of carbonyl (C=O) groups is 2. The Bertz CT molecular complexity index is 812. The van der Waals surface area contributed by atoms with Crippen molar-refractivity contribution in [3.8, 4) is 0 Å². The molecule has 1 aliphatic heterocycles. The summed E-state index contributed by atoms with van der Waals surface area (Å²) in [6.07, 6.45) is 5.72. The summed E-state index contributed by atoms with van der Waals surface area (Å²) in [4.78, 5) is 27.2. The van der Waals surface area contributed by atoms with Crippen LogP contribution in [-0.4, -0.2) is 69.1 Å². The topological polar surface area (TPSA) is 85.5 Å². The number of allylic oxidation sites excluding steroid dienone is 1. The van der Waals surface area contributed by atoms with Crippen LogP contribution in [-0.2, 0) is 22.4 Å². The quantitative estimate of drug-likeness (QED) is 0.551. The molecule has 0 bridgehead atoms. The van der Waals surface area contributed by atoms with E-state index in [-0.39, 0.29) is 30.2 Å². The lowest BCUT2D eigenvalue weighted by Gasteiger charge is -2.23. The number of benzene rings is 1. The van der Waals surface area contributed by atoms with E-state index < -0.39 is 6.04 Å². The molecule has 4 N–H and O–H groups in total. The Balaban J connectivity index is 2.19. The molecule has 1 aromatic rings. The summed E-state index contributed by atoms with van der Waals surface area (Å²) in [7, 11) is 3.73. The van der Waals surface area contributed by atoms with Gasteiger partial charge in [0, 0.05) is 31.4 Å². The summed E-state index contributed by atoms with van der Waals surface area (Å²) in [6, 6.07) is 4.78. The summed E-state index contributed by atoms with van der Waals surface area (Å²) < 4.78 is 14.6. The van der Waals surface area contributed by atoms with Crippen LogP contribution in [0.2, 0.25) is 0 Å². The number of hydrogen-bond donors (Lipinski definition) is 4. The van der Waals surface area contributed by atoms with Crippen LogP contribution in [0.25, 0.3) is 0 Å². The highest BCUT2D eigenvalue weighted by Gasteiger charge is 2.21. The van der Waals surface area contributed by atoms with Gasteiger partial charge < -0.3 is 26.2 Å². The molecule has 0 spiro atoms. The molecule has 0 radical (unpaired) electrons. The van der Waals surface area contributed by atoms with E-state index in [2.05, 4.69) is 28.2 Å². The molecular weight excluding hydrogens is 421 g/mol. The first-order valence-corrected chi connectivity index (χ1v) is 11.9. The maximum absolute atomic E-state index is 14.6. The summed E-state index contributed by atoms with van der Waals surface area (Å²) in [5.74, 6) is -0.602. The van der Waals surface area contributed by atoms with E-state index in [1.54, 1.807) is 6.07 Å². The number of amides is 2. The van der Waals surface area contributed by atoms with Gasteiger partial charge in [0.25, 0.3) is 0 Å². The fourth-order valence-electron chi connectivity index (χ4n) is 3.93. The highest BCUT2D eigenvalue weighted by molar-refractivity contribution is 5.88. The van der Waals surface area contributed by atoms with Gasteiger partial charge in [0.2, 0.25) is 11.8 Å². The average Bonchev–Trinajstić information content (AvgIpc) is 2.76. The van der Waals surface area contributed by atoms with Gasteiger partial charge in [0.15, 0.2) is 0 Å². The average molecular weight is 462 g/mol. The predicted molar refractivity (Wildman–Crippen MR) is 130 cm³/mol. The van der Waals surface area contributed by atoms with Crippen LogP contribution in [0.1, 0.15) is 44.2 Å². The van der Waals surface area contributed by atoms with E-state index in [1.165, 1.54) is 6.07 Å². The minimum Gasteiger partial charge on any atom is -0.379 e. The van der Waals surface area contributed by atoms with Gasteiger partial charge in [-0.25, -0.2) is 4.39 Å². The largest absolute Gasteiger partial charge is 0.379 e. The number of rotatable bonds is 3. The molecule has 2 rings (SSSR count). The number of carbonyl (C=O) groups excluding carboxylic acids is 2. The predicted octanol–water partition coefficient (Wildman–Crippen LogP) is 1.73. The van der Waals surface area contributed by atoms with Gasteiger partial charge in [-0.2, -0.15) is 0 Å². The Hall–Kier alpha value is -2.45. The number of halogens is 1. The fourth-order valence-corrected chi connectivity index (χ4v) is 3.93. The first-order chi connectivity index (χ1) is 15.8. The molecule has 8 heteroatoms. The third-order valence-electron chi connectivity index (χ3n) is 5.73. The Labute approximate surface area is 197 Å². The van der Waals surface area contributed by atoms with E-state index in [1.807, 2.05) is 38.1 Å². The zero-order valence-electron chi connectivity index (χ0n) is 20.5. The normalized spacial score (nSPS) is 23.2. The number of likely N-dealkylation sites (N-methyl/N-ethyl adjacent to an activating group) is 1. The Morgan fingerprint density at radius 1 is 1.15 bits per heavy atom. The molecule has 0 saturated heterocycles. The van der Waals surface area contributed by atoms with Gasteiger partial charge in [0.1, 0.15) is 11.9 Å². The molecule has 1 aromatic carbocycles. The van der Waals surface area contributed by atoms with E-state index in [0.29, 0.717) is 38.9 Å². The van der Waals surface area contributed by atoms with Crippen LogP contribution < -0.4 is 21.3 Å². The van der Waals surface area contributed by atoms with Crippen molar-refractivity contribution in [2.45, 2.75) is 58.0 Å². The van der Waals surface area contributed by atoms with Crippen LogP contribution >= 0.6 is 0 Å². The van der Waals surface area contributed by atoms with Gasteiger partial charge in [-0.3, -0.25) is 9.59 Å². The molecule has 0 saturated carbocycles. The monoisotopic (exact) mass is 461 g/mol. The summed E-state index contributed by atoms with van der Waals surface area (Å²) >= 11 is 0. The Morgan fingerprint density at radius 2 is 1.94 bits per heavy atom. The molecule has 2 amide bonds. The van der Waals surface area contributed by atoms with Crippen molar-refractivity contribution in [1.29, 1.82) is 0 Å². The SMILES string of the molecule is CCC=C1CN[C@@H](C)CCc2c(F)cccc2CCCNC(=O)C(CN(C)C)NC(=O)CN1. The second kappa shape index (κ2) is 14.0. The van der Waals surface area contributed by atoms with Crippen LogP contribution in [0.4, 0.5) is 4.39 Å². The second-order valence-electron chi connectivity index (χ2n) is 8.97. The van der Waals surface area contributed by atoms with Gasteiger partial charge in [-0.15, -0.1) is 0 Å². The van der Waals surface area contributed by atoms with E-state index in [9.17, 15) is 14.0 Å². The Kier molecular flexibility index (Phi) is 11.3. The minimum atomic E-state index is -0.644. The van der Waals surface area contributed by atoms with Gasteiger partial charge >= 0.3 is 0 Å². The maximum Gasteiger partial charge on any atom is 0.243 e. The zero-order chi connectivity index (χ0) is 24.2. The molecule has 1 aliphatic rings. The minimum absolute atomic E-state index is 0.0949. The zero-order valence-corrected chi connectivity index (χ0v) is 20.5. The highest BCUT2D eigenvalue weighted by Crippen LogP contribution is 2.18. The third kappa shape index (κ3) is 9.52. The van der Waals surface area contributed by atoms with E-state index >= 15 is 0 Å². The van der Waals surface area contributed by atoms with Crippen LogP contribution in [0.15, 0.2) is 30.0 Å². The lowest BCUT2D eigenvalue weighted by molar-refractivity contribution is -0.128. The van der Waals surface area contributed by atoms with Gasteiger partial charge in [0.05, 0.1) is 6.54 Å². The highest BCUT2D eigenvalue weighted by atomic mass is 19.1. The summed E-state index contributed by atoms with van der Waals surface area (Å²) in [5.41, 5.74) is 2.68. The molecule has 1 heterocycles. The first kappa shape index (κ1) is 26.8. The number of nitrogens with one attached hydrogen (secondary N) is 4. The van der Waals surface area contributed by atoms with Crippen molar-refractivity contribution in [1.82, 2.24) is 26.2 Å². The maximum atomic E-state index is 14.6. The lowest BCUT2D eigenvalue weighted by Crippen LogP contribution is -2.53. The lowest BCUT2D eigenvalue weighted by atomic mass is 9.97. The van der Waals surface area contributed by atoms with Crippen LogP contribution in [0.5, 0.6) is 0 Å². The molecule has 7 nitrogen and oxygen atoms in total. The summed E-state index contributed by atoms with van der Waals surface area (Å²) in [5, 5.41) is 12.4. The number of aryl methyl sites for hydroxylation is 1. The molecule has 0 fully saturated rings. The molecule has 0 aliphatic carbocycles. The number of hydrogen-bond acceptors (Lipinski definition) is 5. The van der Waals surface area contributed by atoms with Crippen molar-refractivity contribution in [2.24, 2.45) is 0 Å². The second-order valence-corrected chi connectivity index (χ2v) is 8.97. The van der Waals surface area contributed by atoms with Crippen molar-refractivity contribution in [3.05, 3.63) is 46.9 Å². The molecule has 0 aromatic heterocycles. The van der Waals surface area contributed by atoms with Crippen molar-refractivity contribution >= 4 is 11.8 Å². The standard InChI is InChI=1S/C25H40FN5O2/c1-5-8-20-15-28-18(2)12-13-21-19(9-6-11-22(21)26)10-7-14-27-25(33)23(17-31(3)4)30-24(32)16-29-20/h6,8-9,11,18,23,28-29H,5,7,10,12-17H2,1-4H3,(H,27,33)(H,30,32)/t18-,23?/m0/s1. The fraction of sp³-hybridized carbons (Fsp3) is 0.600. The molecule has 33 heavy (non-hydrogen) atoms. The Morgan fingerprint density at radius 3 is 2.67 bits per heavy atom. The van der Waals surface area contributed by atoms with E-state index in [4.69, 9.17) is 0 Å². The van der Waals surface area contributed by atoms with Crippen molar-refractivity contribution < 1.29 is 14.0 Å². The molecular formula is C25H40FN5O2. The first-order valence-electron chi connectivity index (χ1n) is 11.9.